The first kappa shape index (κ1) is 18.0. The minimum absolute atomic E-state index is 0. The average Bonchev–Trinajstić information content (AvgIpc) is 2.19. The second kappa shape index (κ2) is 8.76. The molecule has 16 heavy (non-hydrogen) atoms. The van der Waals surface area contributed by atoms with E-state index >= 15 is 0 Å². The predicted molar refractivity (Wildman–Crippen MR) is 77.9 cm³/mol. The van der Waals surface area contributed by atoms with Gasteiger partial charge in [0.25, 0.3) is 0 Å². The van der Waals surface area contributed by atoms with E-state index < -0.39 is 0 Å². The fourth-order valence-corrected chi connectivity index (χ4v) is 1.73. The van der Waals surface area contributed by atoms with E-state index in [2.05, 4.69) is 34.5 Å². The molecule has 0 bridgehead atoms. The highest BCUT2D eigenvalue weighted by atomic mass is 35.5. The smallest absolute Gasteiger partial charge is 0.0603 e. The summed E-state index contributed by atoms with van der Waals surface area (Å²) < 4.78 is 0. The molecule has 0 fully saturated rings. The number of nitrogens with one attached hydrogen (secondary N) is 1. The van der Waals surface area contributed by atoms with Crippen LogP contribution in [0.3, 0.4) is 0 Å². The van der Waals surface area contributed by atoms with Crippen molar-refractivity contribution in [1.82, 2.24) is 0 Å². The predicted octanol–water partition coefficient (Wildman–Crippen LogP) is 2.14. The molecular weight excluding hydrogens is 268 g/mol. The van der Waals surface area contributed by atoms with Gasteiger partial charge in [0.1, 0.15) is 0 Å². The summed E-state index contributed by atoms with van der Waals surface area (Å²) in [6.45, 7) is 3.72. The quantitative estimate of drug-likeness (QED) is 0.875. The fraction of sp³-hybridized carbons (Fsp3) is 0.400. The number of fused-ring (bicyclic) bond motifs is 1. The maximum atomic E-state index is 5.55. The van der Waals surface area contributed by atoms with Crippen LogP contribution in [0.15, 0.2) is 24.3 Å². The average molecular weight is 287 g/mol. The van der Waals surface area contributed by atoms with Crippen molar-refractivity contribution in [3.63, 3.8) is 0 Å². The summed E-state index contributed by atoms with van der Waals surface area (Å²) in [4.78, 5) is 2.33. The molecule has 0 radical (unpaired) electrons. The van der Waals surface area contributed by atoms with Gasteiger partial charge in [0, 0.05) is 26.2 Å². The third kappa shape index (κ3) is 3.91. The van der Waals surface area contributed by atoms with E-state index in [0.29, 0.717) is 6.54 Å². The SMILES string of the molecule is Cl.Cl.Cl.NCCN1CCNc2ccccc21. The first-order chi connectivity index (χ1) is 6.42. The van der Waals surface area contributed by atoms with Gasteiger partial charge in [-0.25, -0.2) is 0 Å². The number of para-hydroxylation sites is 2. The normalized spacial score (nSPS) is 12.2. The summed E-state index contributed by atoms with van der Waals surface area (Å²) >= 11 is 0. The number of benzene rings is 1. The van der Waals surface area contributed by atoms with Crippen molar-refractivity contribution in [1.29, 1.82) is 0 Å². The lowest BCUT2D eigenvalue weighted by atomic mass is 10.2. The molecule has 0 spiro atoms. The van der Waals surface area contributed by atoms with Crippen molar-refractivity contribution < 1.29 is 0 Å². The summed E-state index contributed by atoms with van der Waals surface area (Å²) in [6.07, 6.45) is 0. The highest BCUT2D eigenvalue weighted by Crippen LogP contribution is 2.27. The van der Waals surface area contributed by atoms with Crippen LogP contribution in [-0.4, -0.2) is 26.2 Å². The molecule has 1 aliphatic rings. The first-order valence-electron chi connectivity index (χ1n) is 4.70. The van der Waals surface area contributed by atoms with Gasteiger partial charge in [-0.3, -0.25) is 0 Å². The van der Waals surface area contributed by atoms with Gasteiger partial charge in [-0.15, -0.1) is 37.2 Å². The monoisotopic (exact) mass is 285 g/mol. The Bertz CT molecular complexity index is 296. The molecule has 3 nitrogen and oxygen atoms in total. The number of nitrogens with zero attached hydrogens (tertiary/aromatic N) is 1. The Morgan fingerprint density at radius 2 is 1.88 bits per heavy atom. The molecule has 6 heteroatoms. The summed E-state index contributed by atoms with van der Waals surface area (Å²) in [5, 5.41) is 3.37. The van der Waals surface area contributed by atoms with E-state index in [-0.39, 0.29) is 37.2 Å². The third-order valence-electron chi connectivity index (χ3n) is 2.34. The zero-order valence-electron chi connectivity index (χ0n) is 8.89. The van der Waals surface area contributed by atoms with Crippen LogP contribution < -0.4 is 16.0 Å². The summed E-state index contributed by atoms with van der Waals surface area (Å²) in [7, 11) is 0. The van der Waals surface area contributed by atoms with Crippen LogP contribution in [-0.2, 0) is 0 Å². The molecule has 0 unspecified atom stereocenters. The van der Waals surface area contributed by atoms with Crippen LogP contribution in [0.2, 0.25) is 0 Å². The van der Waals surface area contributed by atoms with E-state index in [1.165, 1.54) is 11.4 Å². The number of hydrogen-bond donors (Lipinski definition) is 2. The molecule has 0 atom stereocenters. The zero-order chi connectivity index (χ0) is 9.10. The van der Waals surface area contributed by atoms with Gasteiger partial charge < -0.3 is 16.0 Å². The Morgan fingerprint density at radius 3 is 2.56 bits per heavy atom. The number of rotatable bonds is 2. The summed E-state index contributed by atoms with van der Waals surface area (Å²) in [5.74, 6) is 0. The maximum Gasteiger partial charge on any atom is 0.0603 e. The third-order valence-corrected chi connectivity index (χ3v) is 2.34. The van der Waals surface area contributed by atoms with Crippen LogP contribution in [0, 0.1) is 0 Å². The van der Waals surface area contributed by atoms with E-state index in [0.717, 1.165) is 19.6 Å². The van der Waals surface area contributed by atoms with Crippen molar-refractivity contribution in [3.05, 3.63) is 24.3 Å². The lowest BCUT2D eigenvalue weighted by Crippen LogP contribution is -2.37. The molecule has 3 N–H and O–H groups in total. The number of anilines is 2. The highest BCUT2D eigenvalue weighted by Gasteiger charge is 2.13. The molecule has 94 valence electrons. The van der Waals surface area contributed by atoms with Gasteiger partial charge in [0.2, 0.25) is 0 Å². The largest absolute Gasteiger partial charge is 0.382 e. The molecule has 0 saturated carbocycles. The molecule has 0 saturated heterocycles. The van der Waals surface area contributed by atoms with Crippen molar-refractivity contribution >= 4 is 48.6 Å². The molecule has 0 amide bonds. The molecule has 0 aliphatic carbocycles. The van der Waals surface area contributed by atoms with Crippen LogP contribution in [0.5, 0.6) is 0 Å². The van der Waals surface area contributed by atoms with Crippen LogP contribution in [0.25, 0.3) is 0 Å². The van der Waals surface area contributed by atoms with E-state index in [4.69, 9.17) is 5.73 Å². The minimum Gasteiger partial charge on any atom is -0.382 e. The van der Waals surface area contributed by atoms with Crippen molar-refractivity contribution in [2.75, 3.05) is 36.4 Å². The van der Waals surface area contributed by atoms with Crippen LogP contribution >= 0.6 is 37.2 Å². The lowest BCUT2D eigenvalue weighted by molar-refractivity contribution is 0.780. The van der Waals surface area contributed by atoms with Crippen LogP contribution in [0.4, 0.5) is 11.4 Å². The molecule has 1 aromatic rings. The van der Waals surface area contributed by atoms with Gasteiger partial charge in [-0.05, 0) is 12.1 Å². The topological polar surface area (TPSA) is 41.3 Å². The van der Waals surface area contributed by atoms with E-state index in [9.17, 15) is 0 Å². The number of hydrogen-bond acceptors (Lipinski definition) is 3. The standard InChI is InChI=1S/C10H15N3.3ClH/c11-5-7-13-8-6-12-9-3-1-2-4-10(9)13;;;/h1-4,12H,5-8,11H2;3*1H. The molecule has 1 aliphatic heterocycles. The van der Waals surface area contributed by atoms with Crippen molar-refractivity contribution in [2.24, 2.45) is 5.73 Å². The second-order valence-electron chi connectivity index (χ2n) is 3.22. The summed E-state index contributed by atoms with van der Waals surface area (Å²) in [6, 6.07) is 8.36. The summed E-state index contributed by atoms with van der Waals surface area (Å²) in [5.41, 5.74) is 8.06. The fourth-order valence-electron chi connectivity index (χ4n) is 1.73. The minimum atomic E-state index is 0. The Balaban J connectivity index is 0. The molecule has 1 heterocycles. The van der Waals surface area contributed by atoms with Gasteiger partial charge in [0.15, 0.2) is 0 Å². The van der Waals surface area contributed by atoms with Crippen molar-refractivity contribution in [2.45, 2.75) is 0 Å². The first-order valence-corrected chi connectivity index (χ1v) is 4.70. The number of nitrogens with two attached hydrogens (primary N) is 1. The van der Waals surface area contributed by atoms with E-state index in [1.807, 2.05) is 0 Å². The van der Waals surface area contributed by atoms with Gasteiger partial charge >= 0.3 is 0 Å². The number of halogens is 3. The maximum absolute atomic E-state index is 5.55. The highest BCUT2D eigenvalue weighted by molar-refractivity contribution is 5.86. The second-order valence-corrected chi connectivity index (χ2v) is 3.22. The molecular formula is C10H18Cl3N3. The molecule has 2 rings (SSSR count). The van der Waals surface area contributed by atoms with Gasteiger partial charge in [-0.1, -0.05) is 12.1 Å². The Morgan fingerprint density at radius 1 is 1.19 bits per heavy atom. The van der Waals surface area contributed by atoms with Gasteiger partial charge in [0.05, 0.1) is 11.4 Å². The molecule has 0 aromatic heterocycles. The molecule has 1 aromatic carbocycles. The Kier molecular flexibility index (Phi) is 9.87. The Hall–Kier alpha value is -0.350. The van der Waals surface area contributed by atoms with Crippen LogP contribution in [0.1, 0.15) is 0 Å². The van der Waals surface area contributed by atoms with E-state index in [1.54, 1.807) is 0 Å². The zero-order valence-corrected chi connectivity index (χ0v) is 11.3. The van der Waals surface area contributed by atoms with Crippen molar-refractivity contribution in [3.8, 4) is 0 Å². The lowest BCUT2D eigenvalue weighted by Gasteiger charge is -2.31. The van der Waals surface area contributed by atoms with Gasteiger partial charge in [-0.2, -0.15) is 0 Å². The Labute approximate surface area is 115 Å².